The molecule has 0 aliphatic carbocycles. The molecule has 0 bridgehead atoms. The van der Waals surface area contributed by atoms with Crippen molar-refractivity contribution in [3.8, 4) is 0 Å². The Balaban J connectivity index is 2.26. The standard InChI is InChI=1S/C13H22N4S2/c1-9(8-18-6)16(5)12-15-17-7-10(13(2,3)4)14-11(17)19-12/h7,9H,8H2,1-6H3. The zero-order valence-electron chi connectivity index (χ0n) is 12.5. The lowest BCUT2D eigenvalue weighted by Gasteiger charge is -2.22. The molecule has 0 spiro atoms. The van der Waals surface area contributed by atoms with Crippen molar-refractivity contribution in [2.75, 3.05) is 24.0 Å². The molecular weight excluding hydrogens is 276 g/mol. The van der Waals surface area contributed by atoms with E-state index < -0.39 is 0 Å². The molecule has 0 saturated carbocycles. The van der Waals surface area contributed by atoms with Crippen LogP contribution in [0.3, 0.4) is 0 Å². The summed E-state index contributed by atoms with van der Waals surface area (Å²) in [4.78, 5) is 7.88. The molecule has 2 rings (SSSR count). The van der Waals surface area contributed by atoms with E-state index in [4.69, 9.17) is 0 Å². The van der Waals surface area contributed by atoms with Crippen LogP contribution in [0.15, 0.2) is 6.20 Å². The molecule has 0 aromatic carbocycles. The Morgan fingerprint density at radius 1 is 1.47 bits per heavy atom. The number of fused-ring (bicyclic) bond motifs is 1. The van der Waals surface area contributed by atoms with Gasteiger partial charge in [-0.15, -0.1) is 5.10 Å². The first-order chi connectivity index (χ1) is 8.82. The van der Waals surface area contributed by atoms with Gasteiger partial charge in [-0.1, -0.05) is 32.1 Å². The van der Waals surface area contributed by atoms with Crippen molar-refractivity contribution >= 4 is 33.2 Å². The molecule has 2 heterocycles. The van der Waals surface area contributed by atoms with Crippen LogP contribution in [0.2, 0.25) is 0 Å². The van der Waals surface area contributed by atoms with Crippen molar-refractivity contribution < 1.29 is 0 Å². The molecule has 0 aliphatic rings. The fraction of sp³-hybridized carbons (Fsp3) is 0.692. The van der Waals surface area contributed by atoms with Gasteiger partial charge in [0.05, 0.1) is 11.9 Å². The van der Waals surface area contributed by atoms with E-state index in [1.165, 1.54) is 0 Å². The molecule has 1 unspecified atom stereocenters. The molecule has 2 aromatic heterocycles. The second-order valence-electron chi connectivity index (χ2n) is 5.90. The topological polar surface area (TPSA) is 33.4 Å². The number of rotatable bonds is 4. The molecule has 0 saturated heterocycles. The smallest absolute Gasteiger partial charge is 0.214 e. The highest BCUT2D eigenvalue weighted by Gasteiger charge is 2.21. The molecule has 1 atom stereocenters. The van der Waals surface area contributed by atoms with E-state index in [0.29, 0.717) is 6.04 Å². The van der Waals surface area contributed by atoms with Gasteiger partial charge in [0.25, 0.3) is 0 Å². The third-order valence-corrected chi connectivity index (χ3v) is 5.00. The maximum atomic E-state index is 4.68. The molecule has 0 fully saturated rings. The summed E-state index contributed by atoms with van der Waals surface area (Å²) in [5.41, 5.74) is 1.17. The van der Waals surface area contributed by atoms with E-state index in [0.717, 1.165) is 21.5 Å². The van der Waals surface area contributed by atoms with Gasteiger partial charge >= 0.3 is 0 Å². The molecule has 19 heavy (non-hydrogen) atoms. The summed E-state index contributed by atoms with van der Waals surface area (Å²) in [6.45, 7) is 8.74. The first-order valence-corrected chi connectivity index (χ1v) is 8.62. The van der Waals surface area contributed by atoms with Gasteiger partial charge in [-0.05, 0) is 13.2 Å². The number of imidazole rings is 1. The van der Waals surface area contributed by atoms with Gasteiger partial charge in [-0.25, -0.2) is 9.50 Å². The van der Waals surface area contributed by atoms with Crippen molar-refractivity contribution in [1.29, 1.82) is 0 Å². The predicted molar refractivity (Wildman–Crippen MR) is 85.8 cm³/mol. The lowest BCUT2D eigenvalue weighted by molar-refractivity contribution is 0.572. The van der Waals surface area contributed by atoms with Crippen LogP contribution in [0.4, 0.5) is 5.13 Å². The third kappa shape index (κ3) is 3.05. The first-order valence-electron chi connectivity index (χ1n) is 6.41. The molecule has 0 radical (unpaired) electrons. The van der Waals surface area contributed by atoms with Gasteiger partial charge in [0, 0.05) is 24.3 Å². The maximum Gasteiger partial charge on any atom is 0.214 e. The lowest BCUT2D eigenvalue weighted by Crippen LogP contribution is -2.30. The second kappa shape index (κ2) is 5.32. The Hall–Kier alpha value is -0.750. The van der Waals surface area contributed by atoms with Crippen LogP contribution >= 0.6 is 23.1 Å². The average molecular weight is 298 g/mol. The lowest BCUT2D eigenvalue weighted by atomic mass is 9.93. The van der Waals surface area contributed by atoms with E-state index in [9.17, 15) is 0 Å². The number of thioether (sulfide) groups is 1. The van der Waals surface area contributed by atoms with Crippen molar-refractivity contribution in [3.05, 3.63) is 11.9 Å². The van der Waals surface area contributed by atoms with Gasteiger partial charge in [-0.3, -0.25) is 0 Å². The number of hydrogen-bond acceptors (Lipinski definition) is 5. The number of aromatic nitrogens is 3. The minimum Gasteiger partial charge on any atom is -0.346 e. The van der Waals surface area contributed by atoms with E-state index in [-0.39, 0.29) is 5.41 Å². The second-order valence-corrected chi connectivity index (χ2v) is 7.75. The summed E-state index contributed by atoms with van der Waals surface area (Å²) >= 11 is 3.51. The fourth-order valence-corrected chi connectivity index (χ4v) is 3.39. The van der Waals surface area contributed by atoms with E-state index in [1.54, 1.807) is 11.3 Å². The Labute approximate surface area is 123 Å². The van der Waals surface area contributed by atoms with Crippen LogP contribution < -0.4 is 4.90 Å². The van der Waals surface area contributed by atoms with Crippen molar-refractivity contribution in [2.45, 2.75) is 39.2 Å². The molecule has 0 aliphatic heterocycles. The number of anilines is 1. The van der Waals surface area contributed by atoms with E-state index in [1.807, 2.05) is 22.5 Å². The van der Waals surface area contributed by atoms with Crippen LogP contribution in [-0.4, -0.2) is 39.7 Å². The average Bonchev–Trinajstić information content (AvgIpc) is 2.84. The van der Waals surface area contributed by atoms with Gasteiger partial charge in [0.2, 0.25) is 10.1 Å². The van der Waals surface area contributed by atoms with Crippen LogP contribution in [0.5, 0.6) is 0 Å². The normalized spacial score (nSPS) is 14.0. The summed E-state index contributed by atoms with van der Waals surface area (Å²) in [5.74, 6) is 1.10. The summed E-state index contributed by atoms with van der Waals surface area (Å²) in [7, 11) is 2.10. The summed E-state index contributed by atoms with van der Waals surface area (Å²) in [6, 6.07) is 0.480. The molecule has 4 nitrogen and oxygen atoms in total. The monoisotopic (exact) mass is 298 g/mol. The molecule has 2 aromatic rings. The third-order valence-electron chi connectivity index (χ3n) is 3.17. The minimum atomic E-state index is 0.0750. The highest BCUT2D eigenvalue weighted by atomic mass is 32.2. The maximum absolute atomic E-state index is 4.68. The minimum absolute atomic E-state index is 0.0750. The largest absolute Gasteiger partial charge is 0.346 e. The van der Waals surface area contributed by atoms with Crippen LogP contribution in [-0.2, 0) is 5.41 Å². The Bertz CT molecular complexity index is 521. The zero-order valence-corrected chi connectivity index (χ0v) is 14.1. The molecule has 6 heteroatoms. The molecule has 106 valence electrons. The Kier molecular flexibility index (Phi) is 4.11. The summed E-state index contributed by atoms with van der Waals surface area (Å²) in [6.07, 6.45) is 4.18. The highest BCUT2D eigenvalue weighted by molar-refractivity contribution is 7.98. The van der Waals surface area contributed by atoms with Crippen LogP contribution in [0.1, 0.15) is 33.4 Å². The summed E-state index contributed by atoms with van der Waals surface area (Å²) in [5, 5.41) is 5.67. The SMILES string of the molecule is CSCC(C)N(C)c1nn2cc(C(C)(C)C)nc2s1. The molecule has 0 amide bonds. The fourth-order valence-electron chi connectivity index (χ4n) is 1.74. The number of nitrogens with zero attached hydrogens (tertiary/aromatic N) is 4. The van der Waals surface area contributed by atoms with E-state index >= 15 is 0 Å². The first kappa shape index (κ1) is 14.7. The Morgan fingerprint density at radius 2 is 2.16 bits per heavy atom. The molecule has 0 N–H and O–H groups in total. The summed E-state index contributed by atoms with van der Waals surface area (Å²) < 4.78 is 1.91. The van der Waals surface area contributed by atoms with Crippen molar-refractivity contribution in [2.24, 2.45) is 0 Å². The predicted octanol–water partition coefficient (Wildman–Crippen LogP) is 3.28. The number of hydrogen-bond donors (Lipinski definition) is 0. The highest BCUT2D eigenvalue weighted by Crippen LogP contribution is 2.28. The van der Waals surface area contributed by atoms with Crippen molar-refractivity contribution in [1.82, 2.24) is 14.6 Å². The van der Waals surface area contributed by atoms with Crippen LogP contribution in [0, 0.1) is 0 Å². The van der Waals surface area contributed by atoms with Crippen molar-refractivity contribution in [3.63, 3.8) is 0 Å². The zero-order chi connectivity index (χ0) is 14.2. The van der Waals surface area contributed by atoms with Gasteiger partial charge in [0.15, 0.2) is 0 Å². The van der Waals surface area contributed by atoms with Gasteiger partial charge in [-0.2, -0.15) is 11.8 Å². The van der Waals surface area contributed by atoms with Crippen LogP contribution in [0.25, 0.3) is 4.96 Å². The Morgan fingerprint density at radius 3 is 2.68 bits per heavy atom. The quantitative estimate of drug-likeness (QED) is 0.867. The van der Waals surface area contributed by atoms with E-state index in [2.05, 4.69) is 56.0 Å². The molecular formula is C13H22N4S2. The van der Waals surface area contributed by atoms with Gasteiger partial charge < -0.3 is 4.90 Å². The van der Waals surface area contributed by atoms with Gasteiger partial charge in [0.1, 0.15) is 0 Å².